The van der Waals surface area contributed by atoms with E-state index in [2.05, 4.69) is 15.3 Å². The van der Waals surface area contributed by atoms with Gasteiger partial charge in [0.25, 0.3) is 5.91 Å². The number of hydrogen-bond acceptors (Lipinski definition) is 3. The number of fused-ring (bicyclic) bond motifs is 2. The van der Waals surface area contributed by atoms with Gasteiger partial charge in [0.15, 0.2) is 5.82 Å². The van der Waals surface area contributed by atoms with Crippen LogP contribution in [0.1, 0.15) is 27.5 Å². The smallest absolute Gasteiger partial charge is 0.251 e. The topological polar surface area (TPSA) is 78.0 Å². The zero-order valence-electron chi connectivity index (χ0n) is 15.4. The fourth-order valence-electron chi connectivity index (χ4n) is 4.03. The zero-order chi connectivity index (χ0) is 20.0. The number of rotatable bonds is 3. The Bertz CT molecular complexity index is 1220. The van der Waals surface area contributed by atoms with E-state index in [0.29, 0.717) is 28.6 Å². The highest BCUT2D eigenvalue weighted by molar-refractivity contribution is 5.97. The Labute approximate surface area is 166 Å². The predicted molar refractivity (Wildman–Crippen MR) is 108 cm³/mol. The van der Waals surface area contributed by atoms with E-state index in [1.807, 2.05) is 24.3 Å². The highest BCUT2D eigenvalue weighted by atomic mass is 19.1. The third-order valence-corrected chi connectivity index (χ3v) is 5.47. The molecule has 3 N–H and O–H groups in total. The van der Waals surface area contributed by atoms with Crippen molar-refractivity contribution in [3.63, 3.8) is 0 Å². The summed E-state index contributed by atoms with van der Waals surface area (Å²) in [7, 11) is 0. The fourth-order valence-corrected chi connectivity index (χ4v) is 4.03. The minimum absolute atomic E-state index is 0.259. The largest absolute Gasteiger partial charge is 0.390 e. The normalized spacial score (nSPS) is 18.0. The Morgan fingerprint density at radius 3 is 2.76 bits per heavy atom. The number of carbonyl (C=O) groups is 1. The molecule has 1 aliphatic carbocycles. The molecule has 2 aromatic carbocycles. The number of amides is 1. The van der Waals surface area contributed by atoms with Gasteiger partial charge in [0.1, 0.15) is 5.65 Å². The van der Waals surface area contributed by atoms with Crippen LogP contribution in [0.3, 0.4) is 0 Å². The SMILES string of the molecule is O=C(N[C@@H]1c2ccccc2C[C@@H]1O)c1ccc(-c2ccnc3[nH]cc(F)c23)cc1. The minimum Gasteiger partial charge on any atom is -0.390 e. The molecule has 0 unspecified atom stereocenters. The molecule has 0 saturated carbocycles. The van der Waals surface area contributed by atoms with Gasteiger partial charge in [-0.25, -0.2) is 9.37 Å². The van der Waals surface area contributed by atoms with Gasteiger partial charge in [-0.1, -0.05) is 36.4 Å². The van der Waals surface area contributed by atoms with Gasteiger partial charge in [0, 0.05) is 24.4 Å². The molecule has 2 atom stereocenters. The maximum Gasteiger partial charge on any atom is 0.251 e. The molecule has 5 nitrogen and oxygen atoms in total. The third-order valence-electron chi connectivity index (χ3n) is 5.47. The van der Waals surface area contributed by atoms with Crippen LogP contribution in [-0.4, -0.2) is 27.1 Å². The summed E-state index contributed by atoms with van der Waals surface area (Å²) >= 11 is 0. The van der Waals surface area contributed by atoms with E-state index in [1.54, 1.807) is 36.5 Å². The summed E-state index contributed by atoms with van der Waals surface area (Å²) in [5.74, 6) is -0.621. The van der Waals surface area contributed by atoms with Crippen LogP contribution in [0.5, 0.6) is 0 Å². The van der Waals surface area contributed by atoms with E-state index in [-0.39, 0.29) is 11.7 Å². The number of halogens is 1. The van der Waals surface area contributed by atoms with Gasteiger partial charge in [0.05, 0.1) is 17.5 Å². The van der Waals surface area contributed by atoms with Gasteiger partial charge in [-0.3, -0.25) is 4.79 Å². The van der Waals surface area contributed by atoms with Crippen molar-refractivity contribution < 1.29 is 14.3 Å². The number of H-pyrrole nitrogens is 1. The highest BCUT2D eigenvalue weighted by Crippen LogP contribution is 2.32. The molecule has 0 bridgehead atoms. The Hall–Kier alpha value is -3.51. The summed E-state index contributed by atoms with van der Waals surface area (Å²) < 4.78 is 14.1. The lowest BCUT2D eigenvalue weighted by Gasteiger charge is -2.18. The summed E-state index contributed by atoms with van der Waals surface area (Å²) in [6.07, 6.45) is 2.79. The first-order valence-electron chi connectivity index (χ1n) is 9.40. The van der Waals surface area contributed by atoms with Crippen LogP contribution in [0.2, 0.25) is 0 Å². The van der Waals surface area contributed by atoms with E-state index in [0.717, 1.165) is 16.7 Å². The number of hydrogen-bond donors (Lipinski definition) is 3. The first-order chi connectivity index (χ1) is 14.1. The predicted octanol–water partition coefficient (Wildman–Crippen LogP) is 3.76. The van der Waals surface area contributed by atoms with Crippen LogP contribution in [0, 0.1) is 5.82 Å². The van der Waals surface area contributed by atoms with Crippen molar-refractivity contribution in [2.24, 2.45) is 0 Å². The summed E-state index contributed by atoms with van der Waals surface area (Å²) in [5, 5.41) is 13.7. The molecule has 1 aliphatic rings. The molecule has 0 fully saturated rings. The third kappa shape index (κ3) is 2.98. The van der Waals surface area contributed by atoms with Crippen LogP contribution in [0.15, 0.2) is 67.0 Å². The lowest BCUT2D eigenvalue weighted by Crippen LogP contribution is -2.33. The lowest BCUT2D eigenvalue weighted by atomic mass is 10.0. The van der Waals surface area contributed by atoms with Crippen molar-refractivity contribution in [3.05, 3.63) is 89.5 Å². The highest BCUT2D eigenvalue weighted by Gasteiger charge is 2.32. The number of aromatic amines is 1. The molecule has 0 radical (unpaired) electrons. The van der Waals surface area contributed by atoms with Crippen molar-refractivity contribution in [1.82, 2.24) is 15.3 Å². The second-order valence-electron chi connectivity index (χ2n) is 7.22. The molecule has 0 saturated heterocycles. The molecule has 29 heavy (non-hydrogen) atoms. The van der Waals surface area contributed by atoms with Gasteiger partial charge in [-0.05, 0) is 40.5 Å². The van der Waals surface area contributed by atoms with Crippen LogP contribution in [-0.2, 0) is 6.42 Å². The van der Waals surface area contributed by atoms with E-state index in [4.69, 9.17) is 0 Å². The Balaban J connectivity index is 1.41. The van der Waals surface area contributed by atoms with E-state index >= 15 is 0 Å². The number of benzene rings is 2. The Morgan fingerprint density at radius 1 is 1.14 bits per heavy atom. The average Bonchev–Trinajstić information content (AvgIpc) is 3.28. The van der Waals surface area contributed by atoms with Gasteiger partial charge in [-0.2, -0.15) is 0 Å². The molecule has 2 heterocycles. The van der Waals surface area contributed by atoms with Crippen LogP contribution < -0.4 is 5.32 Å². The molecule has 4 aromatic rings. The monoisotopic (exact) mass is 387 g/mol. The van der Waals surface area contributed by atoms with E-state index < -0.39 is 12.1 Å². The Morgan fingerprint density at radius 2 is 1.93 bits per heavy atom. The molecular weight excluding hydrogens is 369 g/mol. The number of nitrogens with zero attached hydrogens (tertiary/aromatic N) is 1. The molecule has 1 amide bonds. The minimum atomic E-state index is -0.641. The van der Waals surface area contributed by atoms with Crippen LogP contribution in [0.4, 0.5) is 4.39 Å². The molecule has 0 spiro atoms. The fraction of sp³-hybridized carbons (Fsp3) is 0.130. The number of aromatic nitrogens is 2. The molecule has 6 heteroatoms. The maximum absolute atomic E-state index is 14.1. The first-order valence-corrected chi connectivity index (χ1v) is 9.40. The van der Waals surface area contributed by atoms with Gasteiger partial charge < -0.3 is 15.4 Å². The zero-order valence-corrected chi connectivity index (χ0v) is 15.4. The molecule has 5 rings (SSSR count). The van der Waals surface area contributed by atoms with E-state index in [1.165, 1.54) is 6.20 Å². The lowest BCUT2D eigenvalue weighted by molar-refractivity contribution is 0.0858. The van der Waals surface area contributed by atoms with Crippen molar-refractivity contribution in [3.8, 4) is 11.1 Å². The molecule has 144 valence electrons. The average molecular weight is 387 g/mol. The van der Waals surface area contributed by atoms with Crippen molar-refractivity contribution in [2.75, 3.05) is 0 Å². The first kappa shape index (κ1) is 17.6. The number of carbonyl (C=O) groups excluding carboxylic acids is 1. The number of nitrogens with one attached hydrogen (secondary N) is 2. The van der Waals surface area contributed by atoms with Crippen LogP contribution >= 0.6 is 0 Å². The van der Waals surface area contributed by atoms with Gasteiger partial charge in [0.2, 0.25) is 0 Å². The summed E-state index contributed by atoms with van der Waals surface area (Å²) in [5.41, 5.74) is 4.46. The number of aliphatic hydroxyl groups is 1. The van der Waals surface area contributed by atoms with Crippen LogP contribution in [0.25, 0.3) is 22.2 Å². The van der Waals surface area contributed by atoms with Crippen molar-refractivity contribution in [2.45, 2.75) is 18.6 Å². The summed E-state index contributed by atoms with van der Waals surface area (Å²) in [4.78, 5) is 19.7. The second kappa shape index (κ2) is 6.83. The summed E-state index contributed by atoms with van der Waals surface area (Å²) in [6, 6.07) is 16.0. The standard InChI is InChI=1S/C23H18FN3O2/c24-18-12-26-22-20(18)16(9-10-25-22)13-5-7-14(8-6-13)23(29)27-21-17-4-2-1-3-15(17)11-19(21)28/h1-10,12,19,21,28H,11H2,(H,25,26)(H,27,29)/t19-,21+/m0/s1. The molecule has 2 aromatic heterocycles. The Kier molecular flexibility index (Phi) is 4.14. The second-order valence-corrected chi connectivity index (χ2v) is 7.22. The van der Waals surface area contributed by atoms with Gasteiger partial charge in [-0.15, -0.1) is 0 Å². The summed E-state index contributed by atoms with van der Waals surface area (Å²) in [6.45, 7) is 0. The van der Waals surface area contributed by atoms with Crippen molar-refractivity contribution in [1.29, 1.82) is 0 Å². The number of pyridine rings is 1. The van der Waals surface area contributed by atoms with Gasteiger partial charge >= 0.3 is 0 Å². The number of aliphatic hydroxyl groups excluding tert-OH is 1. The molecular formula is C23H18FN3O2. The quantitative estimate of drug-likeness (QED) is 0.501. The maximum atomic E-state index is 14.1. The molecule has 0 aliphatic heterocycles. The van der Waals surface area contributed by atoms with E-state index in [9.17, 15) is 14.3 Å². The van der Waals surface area contributed by atoms with Crippen molar-refractivity contribution >= 4 is 16.9 Å².